The van der Waals surface area contributed by atoms with Gasteiger partial charge in [0.15, 0.2) is 0 Å². The second-order valence-corrected chi connectivity index (χ2v) is 7.33. The number of methoxy groups -OCH3 is 1. The van der Waals surface area contributed by atoms with E-state index in [-0.39, 0.29) is 0 Å². The maximum absolute atomic E-state index is 12.1. The highest BCUT2D eigenvalue weighted by atomic mass is 16.6. The molecule has 1 unspecified atom stereocenters. The first-order valence-electron chi connectivity index (χ1n) is 8.31. The quantitative estimate of drug-likeness (QED) is 0.788. The summed E-state index contributed by atoms with van der Waals surface area (Å²) in [5.74, 6) is 0.638. The Kier molecular flexibility index (Phi) is 5.72. The summed E-state index contributed by atoms with van der Waals surface area (Å²) in [6.45, 7) is 6.92. The van der Waals surface area contributed by atoms with E-state index >= 15 is 0 Å². The first-order valence-corrected chi connectivity index (χ1v) is 8.31. The molecular formula is C18H28N2O4. The number of carbonyl (C=O) groups is 1. The van der Waals surface area contributed by atoms with Crippen LogP contribution in [-0.2, 0) is 11.2 Å². The SMILES string of the molecule is COc1ccc(CC2(O)CCCNC2)c(NC(=O)OC(C)(C)C)c1. The molecule has 2 rings (SSSR count). The van der Waals surface area contributed by atoms with E-state index in [0.717, 1.165) is 24.9 Å². The standard InChI is InChI=1S/C18H28N2O4/c1-17(2,3)24-16(21)20-15-10-14(23-4)7-6-13(15)11-18(22)8-5-9-19-12-18/h6-7,10,19,22H,5,8-9,11-12H2,1-4H3,(H,20,21). The van der Waals surface area contributed by atoms with Crippen LogP contribution in [-0.4, -0.2) is 42.6 Å². The predicted octanol–water partition coefficient (Wildman–Crippen LogP) is 2.70. The second kappa shape index (κ2) is 7.40. The summed E-state index contributed by atoms with van der Waals surface area (Å²) >= 11 is 0. The van der Waals surface area contributed by atoms with Crippen molar-refractivity contribution < 1.29 is 19.4 Å². The van der Waals surface area contributed by atoms with Gasteiger partial charge in [0.05, 0.1) is 18.4 Å². The number of piperidine rings is 1. The van der Waals surface area contributed by atoms with E-state index in [1.807, 2.05) is 32.9 Å². The van der Waals surface area contributed by atoms with Crippen LogP contribution in [0.3, 0.4) is 0 Å². The van der Waals surface area contributed by atoms with Gasteiger partial charge >= 0.3 is 6.09 Å². The predicted molar refractivity (Wildman–Crippen MR) is 93.6 cm³/mol. The number of β-amino-alcohol motifs (C(OH)–C–C–N with tert-alkyl or cyclic N) is 1. The van der Waals surface area contributed by atoms with Gasteiger partial charge in [-0.05, 0) is 51.8 Å². The number of rotatable bonds is 4. The van der Waals surface area contributed by atoms with Crippen molar-refractivity contribution in [3.63, 3.8) is 0 Å². The summed E-state index contributed by atoms with van der Waals surface area (Å²) in [6, 6.07) is 5.45. The Hall–Kier alpha value is -1.79. The van der Waals surface area contributed by atoms with Gasteiger partial charge in [-0.1, -0.05) is 6.07 Å². The Morgan fingerprint density at radius 1 is 1.42 bits per heavy atom. The number of aliphatic hydroxyl groups is 1. The molecule has 1 heterocycles. The molecule has 0 spiro atoms. The largest absolute Gasteiger partial charge is 0.497 e. The van der Waals surface area contributed by atoms with Crippen LogP contribution in [0.1, 0.15) is 39.2 Å². The van der Waals surface area contributed by atoms with E-state index in [4.69, 9.17) is 9.47 Å². The number of amides is 1. The van der Waals surface area contributed by atoms with Crippen molar-refractivity contribution in [2.75, 3.05) is 25.5 Å². The van der Waals surface area contributed by atoms with E-state index in [9.17, 15) is 9.90 Å². The zero-order valence-corrected chi connectivity index (χ0v) is 14.9. The highest BCUT2D eigenvalue weighted by Crippen LogP contribution is 2.29. The summed E-state index contributed by atoms with van der Waals surface area (Å²) in [6.07, 6.45) is 1.60. The fourth-order valence-corrected chi connectivity index (χ4v) is 2.82. The van der Waals surface area contributed by atoms with Crippen LogP contribution in [0.25, 0.3) is 0 Å². The highest BCUT2D eigenvalue weighted by Gasteiger charge is 2.30. The van der Waals surface area contributed by atoms with Gasteiger partial charge in [0, 0.05) is 19.0 Å². The van der Waals surface area contributed by atoms with Gasteiger partial charge in [-0.3, -0.25) is 5.32 Å². The summed E-state index contributed by atoms with van der Waals surface area (Å²) in [5.41, 5.74) is 0.0710. The number of nitrogens with one attached hydrogen (secondary N) is 2. The molecule has 1 aliphatic heterocycles. The third-order valence-electron chi connectivity index (χ3n) is 3.92. The smallest absolute Gasteiger partial charge is 0.412 e. The van der Waals surface area contributed by atoms with E-state index in [0.29, 0.717) is 24.4 Å². The zero-order valence-electron chi connectivity index (χ0n) is 14.9. The molecule has 1 atom stereocenters. The van der Waals surface area contributed by atoms with Crippen LogP contribution in [0.4, 0.5) is 10.5 Å². The molecule has 134 valence electrons. The van der Waals surface area contributed by atoms with Crippen LogP contribution in [0.2, 0.25) is 0 Å². The van der Waals surface area contributed by atoms with Gasteiger partial charge < -0.3 is 19.9 Å². The van der Waals surface area contributed by atoms with E-state index in [2.05, 4.69) is 10.6 Å². The highest BCUT2D eigenvalue weighted by molar-refractivity contribution is 5.86. The van der Waals surface area contributed by atoms with Crippen LogP contribution in [0.5, 0.6) is 5.75 Å². The molecule has 24 heavy (non-hydrogen) atoms. The first kappa shape index (κ1) is 18.5. The molecule has 6 heteroatoms. The summed E-state index contributed by atoms with van der Waals surface area (Å²) in [5, 5.41) is 16.8. The molecule has 1 saturated heterocycles. The van der Waals surface area contributed by atoms with E-state index < -0.39 is 17.3 Å². The van der Waals surface area contributed by atoms with Gasteiger partial charge in [-0.25, -0.2) is 4.79 Å². The molecule has 1 aliphatic rings. The van der Waals surface area contributed by atoms with Gasteiger partial charge in [0.25, 0.3) is 0 Å². The molecule has 0 radical (unpaired) electrons. The minimum absolute atomic E-state index is 0.453. The maximum atomic E-state index is 12.1. The average molecular weight is 336 g/mol. The minimum Gasteiger partial charge on any atom is -0.497 e. The van der Waals surface area contributed by atoms with Crippen molar-refractivity contribution >= 4 is 11.8 Å². The molecule has 1 amide bonds. The third kappa shape index (κ3) is 5.39. The molecule has 6 nitrogen and oxygen atoms in total. The Morgan fingerprint density at radius 3 is 2.75 bits per heavy atom. The summed E-state index contributed by atoms with van der Waals surface area (Å²) < 4.78 is 10.6. The molecule has 0 saturated carbocycles. The van der Waals surface area contributed by atoms with Crippen molar-refractivity contribution in [3.05, 3.63) is 23.8 Å². The number of anilines is 1. The Labute approximate surface area is 143 Å². The Balaban J connectivity index is 2.19. The lowest BCUT2D eigenvalue weighted by Gasteiger charge is -2.33. The fourth-order valence-electron chi connectivity index (χ4n) is 2.82. The number of hydrogen-bond acceptors (Lipinski definition) is 5. The average Bonchev–Trinajstić information content (AvgIpc) is 2.47. The molecule has 0 aromatic heterocycles. The van der Waals surface area contributed by atoms with Gasteiger partial charge in [0.2, 0.25) is 0 Å². The number of carbonyl (C=O) groups excluding carboxylic acids is 1. The molecule has 1 aromatic rings. The van der Waals surface area contributed by atoms with Gasteiger partial charge in [-0.2, -0.15) is 0 Å². The van der Waals surface area contributed by atoms with Crippen molar-refractivity contribution in [1.29, 1.82) is 0 Å². The fraction of sp³-hybridized carbons (Fsp3) is 0.611. The monoisotopic (exact) mass is 336 g/mol. The van der Waals surface area contributed by atoms with E-state index in [1.165, 1.54) is 0 Å². The molecule has 0 bridgehead atoms. The van der Waals surface area contributed by atoms with Crippen molar-refractivity contribution in [1.82, 2.24) is 5.32 Å². The van der Waals surface area contributed by atoms with Crippen molar-refractivity contribution in [2.24, 2.45) is 0 Å². The lowest BCUT2D eigenvalue weighted by Crippen LogP contribution is -2.47. The maximum Gasteiger partial charge on any atom is 0.412 e. The van der Waals surface area contributed by atoms with Crippen LogP contribution < -0.4 is 15.4 Å². The molecule has 1 aromatic carbocycles. The Bertz CT molecular complexity index is 575. The molecule has 3 N–H and O–H groups in total. The molecular weight excluding hydrogens is 308 g/mol. The van der Waals surface area contributed by atoms with Gasteiger partial charge in [0.1, 0.15) is 11.4 Å². The molecule has 1 fully saturated rings. The normalized spacial score (nSPS) is 21.2. The Morgan fingerprint density at radius 2 is 2.17 bits per heavy atom. The number of benzene rings is 1. The summed E-state index contributed by atoms with van der Waals surface area (Å²) in [4.78, 5) is 12.1. The topological polar surface area (TPSA) is 79.8 Å². The van der Waals surface area contributed by atoms with Crippen LogP contribution in [0, 0.1) is 0 Å². The first-order chi connectivity index (χ1) is 11.2. The van der Waals surface area contributed by atoms with Gasteiger partial charge in [-0.15, -0.1) is 0 Å². The zero-order chi connectivity index (χ0) is 17.8. The minimum atomic E-state index is -0.808. The second-order valence-electron chi connectivity index (χ2n) is 7.33. The van der Waals surface area contributed by atoms with Crippen LogP contribution in [0.15, 0.2) is 18.2 Å². The van der Waals surface area contributed by atoms with Crippen LogP contribution >= 0.6 is 0 Å². The summed E-state index contributed by atoms with van der Waals surface area (Å²) in [7, 11) is 1.57. The molecule has 0 aliphatic carbocycles. The number of ether oxygens (including phenoxy) is 2. The lowest BCUT2D eigenvalue weighted by atomic mass is 9.87. The third-order valence-corrected chi connectivity index (χ3v) is 3.92. The van der Waals surface area contributed by atoms with E-state index in [1.54, 1.807) is 13.2 Å². The van der Waals surface area contributed by atoms with Crippen molar-refractivity contribution in [3.8, 4) is 5.75 Å². The number of hydrogen-bond donors (Lipinski definition) is 3. The lowest BCUT2D eigenvalue weighted by molar-refractivity contribution is 0.0170. The van der Waals surface area contributed by atoms with Crippen molar-refractivity contribution in [2.45, 2.75) is 51.2 Å².